The van der Waals surface area contributed by atoms with Crippen molar-refractivity contribution in [3.8, 4) is 0 Å². The number of para-hydroxylation sites is 1. The molecule has 1 aliphatic heterocycles. The minimum Gasteiger partial charge on any atom is -0.357 e. The zero-order chi connectivity index (χ0) is 14.5. The molecule has 4 heteroatoms. The molecule has 20 heavy (non-hydrogen) atoms. The third-order valence-corrected chi connectivity index (χ3v) is 4.55. The van der Waals surface area contributed by atoms with E-state index in [1.165, 1.54) is 16.6 Å². The van der Waals surface area contributed by atoms with E-state index in [1.807, 2.05) is 37.8 Å². The van der Waals surface area contributed by atoms with Crippen LogP contribution in [-0.4, -0.2) is 22.3 Å². The molecule has 0 saturated heterocycles. The molecule has 3 nitrogen and oxygen atoms in total. The van der Waals surface area contributed by atoms with Crippen molar-refractivity contribution in [1.29, 1.82) is 0 Å². The second kappa shape index (κ2) is 4.62. The fourth-order valence-corrected chi connectivity index (χ4v) is 3.32. The highest BCUT2D eigenvalue weighted by atomic mass is 79.9. The Hall–Kier alpha value is -1.29. The van der Waals surface area contributed by atoms with Gasteiger partial charge in [0.15, 0.2) is 0 Å². The standard InChI is InChI=1S/C16H19BrN2O/c1-16(2,3)15(20)19-8-7-13-11(9-19)10-5-4-6-12(17)14(10)18-13/h4-6,18H,7-9H2,1-3H3. The molecule has 3 rings (SSSR count). The van der Waals surface area contributed by atoms with Crippen molar-refractivity contribution >= 4 is 32.7 Å². The van der Waals surface area contributed by atoms with E-state index in [2.05, 4.69) is 27.0 Å². The van der Waals surface area contributed by atoms with Gasteiger partial charge in [0.05, 0.1) is 5.52 Å². The number of benzene rings is 1. The summed E-state index contributed by atoms with van der Waals surface area (Å²) in [5, 5.41) is 1.22. The lowest BCUT2D eigenvalue weighted by molar-refractivity contribution is -0.140. The first kappa shape index (κ1) is 13.7. The number of nitrogens with zero attached hydrogens (tertiary/aromatic N) is 1. The van der Waals surface area contributed by atoms with Gasteiger partial charge in [-0.1, -0.05) is 32.9 Å². The number of nitrogens with one attached hydrogen (secondary N) is 1. The van der Waals surface area contributed by atoms with Crippen molar-refractivity contribution in [2.45, 2.75) is 33.7 Å². The third kappa shape index (κ3) is 2.16. The first-order valence-electron chi connectivity index (χ1n) is 6.95. The van der Waals surface area contributed by atoms with Crippen molar-refractivity contribution in [2.24, 2.45) is 5.41 Å². The summed E-state index contributed by atoms with van der Waals surface area (Å²) >= 11 is 3.59. The maximum atomic E-state index is 12.5. The molecular formula is C16H19BrN2O. The summed E-state index contributed by atoms with van der Waals surface area (Å²) in [7, 11) is 0. The lowest BCUT2D eigenvalue weighted by Crippen LogP contribution is -2.42. The highest BCUT2D eigenvalue weighted by Crippen LogP contribution is 2.33. The molecule has 0 atom stereocenters. The smallest absolute Gasteiger partial charge is 0.228 e. The second-order valence-corrected chi connectivity index (χ2v) is 7.33. The van der Waals surface area contributed by atoms with E-state index in [9.17, 15) is 4.79 Å². The fourth-order valence-electron chi connectivity index (χ4n) is 2.85. The molecule has 2 aromatic rings. The first-order valence-corrected chi connectivity index (χ1v) is 7.74. The Bertz CT molecular complexity index is 682. The van der Waals surface area contributed by atoms with Gasteiger partial charge in [-0.3, -0.25) is 4.79 Å². The molecule has 1 amide bonds. The van der Waals surface area contributed by atoms with E-state index in [4.69, 9.17) is 0 Å². The highest BCUT2D eigenvalue weighted by Gasteiger charge is 2.31. The van der Waals surface area contributed by atoms with Crippen LogP contribution in [0.2, 0.25) is 0 Å². The van der Waals surface area contributed by atoms with Gasteiger partial charge in [0.2, 0.25) is 5.91 Å². The second-order valence-electron chi connectivity index (χ2n) is 6.47. The molecular weight excluding hydrogens is 316 g/mol. The monoisotopic (exact) mass is 334 g/mol. The zero-order valence-electron chi connectivity index (χ0n) is 12.1. The Morgan fingerprint density at radius 1 is 1.35 bits per heavy atom. The number of H-pyrrole nitrogens is 1. The van der Waals surface area contributed by atoms with Crippen LogP contribution in [0.1, 0.15) is 32.0 Å². The van der Waals surface area contributed by atoms with Crippen molar-refractivity contribution in [3.63, 3.8) is 0 Å². The van der Waals surface area contributed by atoms with Crippen LogP contribution in [0.25, 0.3) is 10.9 Å². The average Bonchev–Trinajstić information content (AvgIpc) is 2.76. The minimum atomic E-state index is -0.315. The molecule has 0 fully saturated rings. The quantitative estimate of drug-likeness (QED) is 0.780. The molecule has 0 spiro atoms. The van der Waals surface area contributed by atoms with E-state index < -0.39 is 0 Å². The Balaban J connectivity index is 2.01. The lowest BCUT2D eigenvalue weighted by Gasteiger charge is -2.32. The van der Waals surface area contributed by atoms with Gasteiger partial charge < -0.3 is 9.88 Å². The van der Waals surface area contributed by atoms with E-state index in [1.54, 1.807) is 0 Å². The largest absolute Gasteiger partial charge is 0.357 e. The van der Waals surface area contributed by atoms with Gasteiger partial charge in [-0.25, -0.2) is 0 Å². The van der Waals surface area contributed by atoms with Crippen LogP contribution >= 0.6 is 15.9 Å². The van der Waals surface area contributed by atoms with E-state index in [-0.39, 0.29) is 11.3 Å². The number of aromatic nitrogens is 1. The number of aromatic amines is 1. The van der Waals surface area contributed by atoms with Crippen LogP contribution in [0.15, 0.2) is 22.7 Å². The predicted molar refractivity (Wildman–Crippen MR) is 84.6 cm³/mol. The summed E-state index contributed by atoms with van der Waals surface area (Å²) in [5.41, 5.74) is 3.36. The summed E-state index contributed by atoms with van der Waals surface area (Å²) < 4.78 is 1.08. The lowest BCUT2D eigenvalue weighted by atomic mass is 9.93. The molecule has 1 aromatic heterocycles. The molecule has 106 valence electrons. The Kier molecular flexibility index (Phi) is 3.16. The van der Waals surface area contributed by atoms with Gasteiger partial charge in [0.1, 0.15) is 0 Å². The minimum absolute atomic E-state index is 0.229. The summed E-state index contributed by atoms with van der Waals surface area (Å²) in [6, 6.07) is 6.22. The molecule has 2 heterocycles. The number of carbonyl (C=O) groups excluding carboxylic acids is 1. The van der Waals surface area contributed by atoms with Crippen LogP contribution in [0.4, 0.5) is 0 Å². The summed E-state index contributed by atoms with van der Waals surface area (Å²) in [6.07, 6.45) is 0.901. The maximum Gasteiger partial charge on any atom is 0.228 e. The van der Waals surface area contributed by atoms with Gasteiger partial charge in [-0.15, -0.1) is 0 Å². The van der Waals surface area contributed by atoms with Crippen LogP contribution in [-0.2, 0) is 17.8 Å². The third-order valence-electron chi connectivity index (χ3n) is 3.89. The molecule has 0 unspecified atom stereocenters. The molecule has 0 saturated carbocycles. The fraction of sp³-hybridized carbons (Fsp3) is 0.438. The van der Waals surface area contributed by atoms with E-state index >= 15 is 0 Å². The SMILES string of the molecule is CC(C)(C)C(=O)N1CCc2[nH]c3c(Br)cccc3c2C1. The highest BCUT2D eigenvalue weighted by molar-refractivity contribution is 9.10. The van der Waals surface area contributed by atoms with Crippen molar-refractivity contribution in [1.82, 2.24) is 9.88 Å². The van der Waals surface area contributed by atoms with Crippen molar-refractivity contribution in [2.75, 3.05) is 6.54 Å². The number of fused-ring (bicyclic) bond motifs is 3. The van der Waals surface area contributed by atoms with Gasteiger partial charge in [0, 0.05) is 46.0 Å². The molecule has 1 N–H and O–H groups in total. The van der Waals surface area contributed by atoms with E-state index in [0.717, 1.165) is 23.0 Å². The summed E-state index contributed by atoms with van der Waals surface area (Å²) in [6.45, 7) is 7.46. The Morgan fingerprint density at radius 3 is 2.80 bits per heavy atom. The normalized spacial score (nSPS) is 15.5. The number of rotatable bonds is 0. The van der Waals surface area contributed by atoms with Crippen LogP contribution in [0.3, 0.4) is 0 Å². The Labute approximate surface area is 127 Å². The molecule has 0 aliphatic carbocycles. The first-order chi connectivity index (χ1) is 9.38. The van der Waals surface area contributed by atoms with Crippen molar-refractivity contribution < 1.29 is 4.79 Å². The predicted octanol–water partition coefficient (Wildman–Crippen LogP) is 3.86. The van der Waals surface area contributed by atoms with Gasteiger partial charge >= 0.3 is 0 Å². The van der Waals surface area contributed by atoms with Crippen LogP contribution in [0, 0.1) is 5.41 Å². The molecule has 0 radical (unpaired) electrons. The molecule has 1 aliphatic rings. The number of carbonyl (C=O) groups is 1. The van der Waals surface area contributed by atoms with E-state index in [0.29, 0.717) is 6.54 Å². The zero-order valence-corrected chi connectivity index (χ0v) is 13.7. The van der Waals surface area contributed by atoms with Gasteiger partial charge in [-0.2, -0.15) is 0 Å². The van der Waals surface area contributed by atoms with Crippen LogP contribution in [0.5, 0.6) is 0 Å². The molecule has 0 bridgehead atoms. The number of amides is 1. The summed E-state index contributed by atoms with van der Waals surface area (Å²) in [4.78, 5) is 17.9. The van der Waals surface area contributed by atoms with Crippen molar-refractivity contribution in [3.05, 3.63) is 33.9 Å². The Morgan fingerprint density at radius 2 is 2.10 bits per heavy atom. The summed E-state index contributed by atoms with van der Waals surface area (Å²) in [5.74, 6) is 0.229. The van der Waals surface area contributed by atoms with Gasteiger partial charge in [-0.05, 0) is 22.0 Å². The molecule has 1 aromatic carbocycles. The number of halogens is 1. The number of hydrogen-bond donors (Lipinski definition) is 1. The van der Waals surface area contributed by atoms with Gasteiger partial charge in [0.25, 0.3) is 0 Å². The maximum absolute atomic E-state index is 12.5. The topological polar surface area (TPSA) is 36.1 Å². The van der Waals surface area contributed by atoms with Crippen LogP contribution < -0.4 is 0 Å². The average molecular weight is 335 g/mol. The number of hydrogen-bond acceptors (Lipinski definition) is 1.